The summed E-state index contributed by atoms with van der Waals surface area (Å²) >= 11 is 0. The number of carbonyl (C=O) groups is 1. The number of hydrogen-bond acceptors (Lipinski definition) is 14. The number of hydrogen-bond donors (Lipinski definition) is 11. The lowest BCUT2D eigenvalue weighted by Gasteiger charge is -2.47. The summed E-state index contributed by atoms with van der Waals surface area (Å²) in [5, 5.41) is 57.5. The van der Waals surface area contributed by atoms with Crippen LogP contribution in [-0.2, 0) is 23.7 Å². The normalized spacial score (nSPS) is 36.1. The molecule has 0 radical (unpaired) electrons. The van der Waals surface area contributed by atoms with E-state index in [1.54, 1.807) is 0 Å². The van der Waals surface area contributed by atoms with Crippen LogP contribution in [0.3, 0.4) is 0 Å². The molecule has 1 aliphatic carbocycles. The molecule has 43 heavy (non-hydrogen) atoms. The van der Waals surface area contributed by atoms with Crippen LogP contribution in [0.15, 0.2) is 16.8 Å². The Morgan fingerprint density at radius 3 is 2.70 bits per heavy atom. The average Bonchev–Trinajstić information content (AvgIpc) is 2.93. The number of aliphatic hydroxyl groups is 5. The fourth-order valence-electron chi connectivity index (χ4n) is 5.21. The van der Waals surface area contributed by atoms with Gasteiger partial charge in [-0.1, -0.05) is 0 Å². The van der Waals surface area contributed by atoms with Gasteiger partial charge in [0.05, 0.1) is 31.4 Å². The van der Waals surface area contributed by atoms with Gasteiger partial charge in [0.25, 0.3) is 0 Å². The number of guanidine groups is 1. The molecule has 0 aromatic heterocycles. The number of allylic oxidation sites excluding steroid dienone is 1. The number of rotatable bonds is 14. The first-order chi connectivity index (χ1) is 20.3. The molecule has 7 unspecified atom stereocenters. The zero-order valence-corrected chi connectivity index (χ0v) is 24.5. The van der Waals surface area contributed by atoms with Crippen LogP contribution >= 0.6 is 0 Å². The summed E-state index contributed by atoms with van der Waals surface area (Å²) in [4.78, 5) is 16.6. The molecule has 2 heterocycles. The molecule has 3 rings (SSSR count). The van der Waals surface area contributed by atoms with Crippen LogP contribution in [0, 0.1) is 0 Å². The van der Waals surface area contributed by atoms with Gasteiger partial charge in [0.1, 0.15) is 36.3 Å². The molecular weight excluding hydrogens is 570 g/mol. The Kier molecular flexibility index (Phi) is 13.3. The fraction of sp³-hybridized carbons (Fsp3) is 0.846. The van der Waals surface area contributed by atoms with E-state index < -0.39 is 72.7 Å². The molecule has 2 aliphatic heterocycles. The molecule has 1 saturated heterocycles. The van der Waals surface area contributed by atoms with Gasteiger partial charge in [0, 0.05) is 44.4 Å². The third kappa shape index (κ3) is 10.8. The lowest BCUT2D eigenvalue weighted by atomic mass is 9.83. The van der Waals surface area contributed by atoms with E-state index in [1.165, 1.54) is 6.92 Å². The highest BCUT2D eigenvalue weighted by Gasteiger charge is 2.49. The van der Waals surface area contributed by atoms with Crippen LogP contribution in [0.5, 0.6) is 0 Å². The molecule has 1 amide bonds. The van der Waals surface area contributed by atoms with E-state index in [0.29, 0.717) is 31.7 Å². The summed E-state index contributed by atoms with van der Waals surface area (Å²) in [5.41, 5.74) is 21.5. The Morgan fingerprint density at radius 1 is 1.28 bits per heavy atom. The molecule has 3 aliphatic rings. The van der Waals surface area contributed by atoms with Crippen LogP contribution in [0.25, 0.3) is 0 Å². The quantitative estimate of drug-likeness (QED) is 0.0642. The Morgan fingerprint density at radius 2 is 2.02 bits per heavy atom. The number of nitrogens with one attached hydrogen (secondary N) is 2. The second-order valence-electron chi connectivity index (χ2n) is 11.6. The van der Waals surface area contributed by atoms with Gasteiger partial charge in [-0.25, -0.2) is 0 Å². The number of aliphatic hydroxyl groups excluding tert-OH is 4. The maximum Gasteiger partial charge on any atom is 0.249 e. The largest absolute Gasteiger partial charge is 0.468 e. The predicted octanol–water partition coefficient (Wildman–Crippen LogP) is -4.85. The van der Waals surface area contributed by atoms with E-state index in [1.807, 2.05) is 6.08 Å². The number of ether oxygens (including phenoxy) is 4. The molecule has 0 bridgehead atoms. The third-order valence-electron chi connectivity index (χ3n) is 7.46. The first-order valence-electron chi connectivity index (χ1n) is 14.5. The molecule has 2 fully saturated rings. The van der Waals surface area contributed by atoms with Crippen molar-refractivity contribution in [2.75, 3.05) is 32.8 Å². The van der Waals surface area contributed by atoms with Crippen molar-refractivity contribution in [2.24, 2.45) is 27.9 Å². The molecule has 17 heteroatoms. The molecule has 17 nitrogen and oxygen atoms in total. The number of carbonyl (C=O) groups excluding carboxylic acids is 1. The SMILES string of the molecule is C[C@]1(O)COC(O[C@H]2C(NC(=O)C(O)CCN=C(N)N)CC(N)[C@@H](O[C@@H]3CCC=C(CNCC(N)CO)O3)C2O)C(O)C1. The molecule has 0 aromatic carbocycles. The molecule has 15 N–H and O–H groups in total. The summed E-state index contributed by atoms with van der Waals surface area (Å²) in [5.74, 6) is -0.320. The van der Waals surface area contributed by atoms with Crippen LogP contribution in [-0.4, -0.2) is 137 Å². The standard InChI is InChI=1S/C26H49N7O10/c1-26(39)8-18(36)24(40-12-26)43-22-16(33-23(38)17(35)5-6-32-25(29)30)7-15(28)21(20(22)37)42-19-4-2-3-14(41-19)10-31-9-13(27)11-34/h3,13,15-22,24,31,34-37,39H,2,4-12,27-28H2,1H3,(H,33,38)(H4,29,30,32)/t13?,15?,16?,17?,18?,19-,20?,21-,22+,24?,26-/m1/s1. The number of nitrogens with zero attached hydrogens (tertiary/aromatic N) is 1. The lowest BCUT2D eigenvalue weighted by Crippen LogP contribution is -2.67. The van der Waals surface area contributed by atoms with Gasteiger partial charge in [-0.2, -0.15) is 0 Å². The van der Waals surface area contributed by atoms with Crippen molar-refractivity contribution in [3.63, 3.8) is 0 Å². The van der Waals surface area contributed by atoms with E-state index in [2.05, 4.69) is 15.6 Å². The minimum absolute atomic E-state index is 0.0170. The third-order valence-corrected chi connectivity index (χ3v) is 7.46. The highest BCUT2D eigenvalue weighted by atomic mass is 16.7. The van der Waals surface area contributed by atoms with Gasteiger partial charge in [0.2, 0.25) is 5.91 Å². The summed E-state index contributed by atoms with van der Waals surface area (Å²) in [6, 6.07) is -2.10. The topological polar surface area (TPSA) is 296 Å². The average molecular weight is 620 g/mol. The van der Waals surface area contributed by atoms with E-state index in [9.17, 15) is 25.2 Å². The Labute approximate surface area is 250 Å². The Bertz CT molecular complexity index is 953. The fourth-order valence-corrected chi connectivity index (χ4v) is 5.21. The van der Waals surface area contributed by atoms with Gasteiger partial charge in [0.15, 0.2) is 18.5 Å². The molecule has 248 valence electrons. The Balaban J connectivity index is 1.69. The molecule has 0 spiro atoms. The number of aliphatic imine (C=N–C) groups is 1. The molecule has 0 aromatic rings. The van der Waals surface area contributed by atoms with Crippen LogP contribution in [0.2, 0.25) is 0 Å². The van der Waals surface area contributed by atoms with Crippen molar-refractivity contribution < 1.29 is 49.3 Å². The second kappa shape index (κ2) is 16.2. The second-order valence-corrected chi connectivity index (χ2v) is 11.6. The summed E-state index contributed by atoms with van der Waals surface area (Å²) in [6.07, 6.45) is -5.22. The zero-order chi connectivity index (χ0) is 31.7. The maximum atomic E-state index is 12.8. The van der Waals surface area contributed by atoms with E-state index in [4.69, 9.17) is 47.0 Å². The molecule has 11 atom stereocenters. The minimum atomic E-state index is -1.46. The van der Waals surface area contributed by atoms with Crippen molar-refractivity contribution in [2.45, 2.75) is 106 Å². The first-order valence-corrected chi connectivity index (χ1v) is 14.5. The van der Waals surface area contributed by atoms with Gasteiger partial charge < -0.3 is 78.0 Å². The molecule has 1 saturated carbocycles. The lowest BCUT2D eigenvalue weighted by molar-refractivity contribution is -0.297. The van der Waals surface area contributed by atoms with E-state index in [0.717, 1.165) is 0 Å². The van der Waals surface area contributed by atoms with Gasteiger partial charge in [-0.3, -0.25) is 9.79 Å². The van der Waals surface area contributed by atoms with Crippen LogP contribution < -0.4 is 33.6 Å². The van der Waals surface area contributed by atoms with Crippen LogP contribution in [0.1, 0.15) is 39.0 Å². The summed E-state index contributed by atoms with van der Waals surface area (Å²) in [6.45, 7) is 2.00. The highest BCUT2D eigenvalue weighted by Crippen LogP contribution is 2.32. The van der Waals surface area contributed by atoms with Crippen molar-refractivity contribution >= 4 is 11.9 Å². The van der Waals surface area contributed by atoms with Crippen molar-refractivity contribution in [3.05, 3.63) is 11.8 Å². The highest BCUT2D eigenvalue weighted by molar-refractivity contribution is 5.81. The summed E-state index contributed by atoms with van der Waals surface area (Å²) < 4.78 is 23.7. The molecular formula is C26H49N7O10. The minimum Gasteiger partial charge on any atom is -0.468 e. The van der Waals surface area contributed by atoms with Crippen molar-refractivity contribution in [1.29, 1.82) is 0 Å². The van der Waals surface area contributed by atoms with Gasteiger partial charge in [-0.15, -0.1) is 0 Å². The number of amides is 1. The van der Waals surface area contributed by atoms with Crippen LogP contribution in [0.4, 0.5) is 0 Å². The van der Waals surface area contributed by atoms with E-state index >= 15 is 0 Å². The number of nitrogens with two attached hydrogens (primary N) is 4. The van der Waals surface area contributed by atoms with Crippen molar-refractivity contribution in [3.8, 4) is 0 Å². The zero-order valence-electron chi connectivity index (χ0n) is 24.5. The first kappa shape index (κ1) is 35.3. The van der Waals surface area contributed by atoms with Gasteiger partial charge >= 0.3 is 0 Å². The summed E-state index contributed by atoms with van der Waals surface area (Å²) in [7, 11) is 0. The van der Waals surface area contributed by atoms with Gasteiger partial charge in [-0.05, 0) is 25.8 Å². The predicted molar refractivity (Wildman–Crippen MR) is 153 cm³/mol. The van der Waals surface area contributed by atoms with Crippen molar-refractivity contribution in [1.82, 2.24) is 10.6 Å². The monoisotopic (exact) mass is 619 g/mol. The maximum absolute atomic E-state index is 12.8. The van der Waals surface area contributed by atoms with E-state index in [-0.39, 0.29) is 45.0 Å². The smallest absolute Gasteiger partial charge is 0.249 e. The Hall–Kier alpha value is -2.16.